The third-order valence-electron chi connectivity index (χ3n) is 15.3. The van der Waals surface area contributed by atoms with Gasteiger partial charge in [0, 0.05) is 51.4 Å². The molecule has 0 saturated carbocycles. The minimum absolute atomic E-state index is 0.00107. The minimum atomic E-state index is -0.981. The predicted molar refractivity (Wildman–Crippen MR) is 338 cm³/mol. The Kier molecular flexibility index (Phi) is 21.8. The van der Waals surface area contributed by atoms with Gasteiger partial charge in [-0.2, -0.15) is 0 Å². The molecule has 1 saturated heterocycles. The Balaban J connectivity index is 0.970. The van der Waals surface area contributed by atoms with Crippen molar-refractivity contribution >= 4 is 35.4 Å². The first-order valence-electron chi connectivity index (χ1n) is 30.3. The fraction of sp³-hybridized carbons (Fsp3) is 0.265. The van der Waals surface area contributed by atoms with Crippen molar-refractivity contribution in [3.05, 3.63) is 280 Å². The van der Waals surface area contributed by atoms with Crippen molar-refractivity contribution in [3.63, 3.8) is 0 Å². The quantitative estimate of drug-likeness (QED) is 0.122. The van der Waals surface area contributed by atoms with Gasteiger partial charge in [-0.1, -0.05) is 133 Å². The van der Waals surface area contributed by atoms with Crippen LogP contribution in [0, 0.1) is 0 Å². The lowest BCUT2D eigenvalue weighted by atomic mass is 10.1. The van der Waals surface area contributed by atoms with Crippen LogP contribution in [0.4, 0.5) is 0 Å². The second-order valence-corrected chi connectivity index (χ2v) is 21.8. The highest BCUT2D eigenvalue weighted by molar-refractivity contribution is 5.98. The summed E-state index contributed by atoms with van der Waals surface area (Å²) in [7, 11) is 0. The highest BCUT2D eigenvalue weighted by atomic mass is 16.7. The number of hydrogen-bond acceptors (Lipinski definition) is 15. The molecule has 2 atom stereocenters. The van der Waals surface area contributed by atoms with Gasteiger partial charge in [-0.3, -0.25) is 47.9 Å². The van der Waals surface area contributed by atoms with Gasteiger partial charge in [-0.05, 0) is 84.3 Å². The number of fused-ring (bicyclic) bond motifs is 2. The molecule has 8 aromatic rings. The molecule has 4 aromatic carbocycles. The number of nitrogens with one attached hydrogen (secondary N) is 4. The monoisotopic (exact) mass is 1260 g/mol. The van der Waals surface area contributed by atoms with Gasteiger partial charge in [0.05, 0.1) is 25.3 Å². The third kappa shape index (κ3) is 16.5. The fourth-order valence-electron chi connectivity index (χ4n) is 10.4. The number of carbonyl (C=O) groups is 6. The van der Waals surface area contributed by atoms with Gasteiger partial charge < -0.3 is 55.2 Å². The summed E-state index contributed by atoms with van der Waals surface area (Å²) in [5, 5.41) is 11.1. The Labute approximate surface area is 532 Å². The van der Waals surface area contributed by atoms with Gasteiger partial charge in [0.1, 0.15) is 60.3 Å². The first-order valence-corrected chi connectivity index (χ1v) is 30.3. The van der Waals surface area contributed by atoms with Crippen LogP contribution in [0.5, 0.6) is 0 Å². The summed E-state index contributed by atoms with van der Waals surface area (Å²) in [4.78, 5) is 169. The van der Waals surface area contributed by atoms with E-state index in [0.717, 1.165) is 20.6 Å². The van der Waals surface area contributed by atoms with Crippen LogP contribution < -0.4 is 62.9 Å². The van der Waals surface area contributed by atoms with Gasteiger partial charge in [-0.25, -0.2) is 0 Å². The van der Waals surface area contributed by atoms with Crippen LogP contribution in [0.15, 0.2) is 201 Å². The molecule has 0 aliphatic carbocycles. The molecular weight excluding hydrogens is 1200 g/mol. The molecule has 12 rings (SSSR count). The number of nitrogens with zero attached hydrogens (tertiary/aromatic N) is 6. The molecule has 0 radical (unpaired) electrons. The fourth-order valence-corrected chi connectivity index (χ4v) is 10.4. The van der Waals surface area contributed by atoms with E-state index in [1.807, 2.05) is 36.4 Å². The van der Waals surface area contributed by atoms with Gasteiger partial charge in [0.2, 0.25) is 0 Å². The van der Waals surface area contributed by atoms with Crippen LogP contribution in [0.3, 0.4) is 0 Å². The van der Waals surface area contributed by atoms with Crippen molar-refractivity contribution in [1.82, 2.24) is 50.0 Å². The number of aromatic nitrogens is 4. The Morgan fingerprint density at radius 3 is 1.06 bits per heavy atom. The Morgan fingerprint density at radius 2 is 0.710 bits per heavy atom. The molecular formula is C68H68N10O15. The van der Waals surface area contributed by atoms with Crippen LogP contribution in [0.25, 0.3) is 0 Å². The molecule has 25 nitrogen and oxygen atoms in total. The van der Waals surface area contributed by atoms with Crippen molar-refractivity contribution in [2.75, 3.05) is 52.5 Å². The van der Waals surface area contributed by atoms with E-state index in [4.69, 9.17) is 24.1 Å². The number of carbonyl (C=O) groups excluding carboxylic acids is 6. The van der Waals surface area contributed by atoms with Crippen molar-refractivity contribution < 1.29 is 52.9 Å². The van der Waals surface area contributed by atoms with E-state index >= 15 is 0 Å². The maximum Gasteiger partial charge on any atom is 0.296 e. The smallest absolute Gasteiger partial charge is 0.296 e. The number of benzene rings is 4. The predicted octanol–water partition coefficient (Wildman–Crippen LogP) is 3.09. The molecule has 25 heteroatoms. The van der Waals surface area contributed by atoms with Crippen LogP contribution in [-0.4, -0.2) is 129 Å². The van der Waals surface area contributed by atoms with Gasteiger partial charge in [0.15, 0.2) is 0 Å². The maximum atomic E-state index is 14.8. The first-order chi connectivity index (χ1) is 45.3. The minimum Gasteiger partial charge on any atom is -0.405 e. The zero-order chi connectivity index (χ0) is 65.1. The average molecular weight is 1270 g/mol. The van der Waals surface area contributed by atoms with Crippen molar-refractivity contribution in [2.24, 2.45) is 0 Å². The second-order valence-electron chi connectivity index (χ2n) is 21.8. The van der Waals surface area contributed by atoms with E-state index in [9.17, 15) is 47.9 Å². The summed E-state index contributed by atoms with van der Waals surface area (Å²) < 4.78 is 9.01. The van der Waals surface area contributed by atoms with E-state index in [1.165, 1.54) is 70.5 Å². The topological polar surface area (TPSA) is 291 Å². The van der Waals surface area contributed by atoms with Crippen LogP contribution in [0.2, 0.25) is 0 Å². The molecule has 6 amide bonds. The van der Waals surface area contributed by atoms with Gasteiger partial charge >= 0.3 is 0 Å². The third-order valence-corrected chi connectivity index (χ3v) is 15.3. The highest BCUT2D eigenvalue weighted by Gasteiger charge is 2.34. The zero-order valence-electron chi connectivity index (χ0n) is 50.6. The lowest BCUT2D eigenvalue weighted by Crippen LogP contribution is -2.52. The van der Waals surface area contributed by atoms with E-state index in [1.54, 1.807) is 84.9 Å². The summed E-state index contributed by atoms with van der Waals surface area (Å²) in [6.07, 6.45) is 0.776. The average Bonchev–Trinajstić information content (AvgIpc) is 2.33. The van der Waals surface area contributed by atoms with Crippen molar-refractivity contribution in [3.8, 4) is 0 Å². The molecule has 1 fully saturated rings. The normalized spacial score (nSPS) is 16.2. The van der Waals surface area contributed by atoms with Crippen LogP contribution in [-0.2, 0) is 31.2 Å². The summed E-state index contributed by atoms with van der Waals surface area (Å²) >= 11 is 0. The molecule has 480 valence electrons. The molecule has 4 aliphatic rings. The summed E-state index contributed by atoms with van der Waals surface area (Å²) in [5.41, 5.74) is -2.01. The number of hydrogen-bond donors (Lipinski definition) is 4. The van der Waals surface area contributed by atoms with Crippen molar-refractivity contribution in [1.29, 1.82) is 0 Å². The zero-order valence-corrected chi connectivity index (χ0v) is 50.6. The van der Waals surface area contributed by atoms with E-state index in [0.29, 0.717) is 20.6 Å². The standard InChI is InChI=1S/C68H68N10O15/c79-59-29-15-27-57(75(59)90-41-47-19-5-1-6-20-47)67(87)73-37-13-14-38-74(68(88)58-28-16-30-60(80)76(58)91-42-48-21-7-2-8-22-48)40-18-36-70-62(82)52-32-34-56(78(66(52)86)93-44-50-25-11-4-12-26-50)64(84)72-54-46-89-45-53(54)71-63(83)55-33-31-51(61(81)69-35-17-39-73)65(85)77(55)92-43-49-23-9-3-10-24-49/h1-12,15-16,19-34,53-54H,13-14,17-18,35-46H2,(H,69,81)(H,70,82)(H,71,83)(H,72,84)/t53-,54+. The molecule has 4 aliphatic heterocycles. The molecule has 8 heterocycles. The van der Waals surface area contributed by atoms with Gasteiger partial charge in [0.25, 0.3) is 57.7 Å². The summed E-state index contributed by atoms with van der Waals surface area (Å²) in [5.74, 6) is -4.50. The van der Waals surface area contributed by atoms with E-state index < -0.39 is 69.8 Å². The second kappa shape index (κ2) is 31.4. The number of pyridine rings is 4. The lowest BCUT2D eigenvalue weighted by Gasteiger charge is -2.26. The van der Waals surface area contributed by atoms with Gasteiger partial charge in [-0.15, -0.1) is 18.9 Å². The molecule has 0 spiro atoms. The Morgan fingerprint density at radius 1 is 0.376 bits per heavy atom. The molecule has 0 unspecified atom stereocenters. The largest absolute Gasteiger partial charge is 0.405 e. The number of rotatable bonds is 14. The number of ether oxygens (including phenoxy) is 1. The Hall–Kier alpha value is -11.3. The first kappa shape index (κ1) is 64.6. The van der Waals surface area contributed by atoms with E-state index in [-0.39, 0.29) is 138 Å². The molecule has 4 N–H and O–H groups in total. The van der Waals surface area contributed by atoms with Crippen LogP contribution >= 0.6 is 0 Å². The molecule has 4 bridgehead atoms. The molecule has 4 aromatic heterocycles. The summed E-state index contributed by atoms with van der Waals surface area (Å²) in [6.45, 7) is -0.717. The lowest BCUT2D eigenvalue weighted by molar-refractivity contribution is 0.0558. The highest BCUT2D eigenvalue weighted by Crippen LogP contribution is 2.15. The van der Waals surface area contributed by atoms with E-state index in [2.05, 4.69) is 21.3 Å². The SMILES string of the molecule is O=C1NCCCN(C(=O)c2cccc(=O)n2OCc2ccccc2)CCCCN(C(=O)c2cccc(=O)n2OCc2ccccc2)CCCNC(=O)c2ccc(n(OCc3ccccc3)c2=O)C(=O)N[C@@H]2COC[C@@H]2NC(=O)c2ccc1c(=O)n2OCc1ccccc1. The Bertz CT molecular complexity index is 3930. The summed E-state index contributed by atoms with van der Waals surface area (Å²) in [6, 6.07) is 47.0. The van der Waals surface area contributed by atoms with Crippen LogP contribution in [0.1, 0.15) is 111 Å². The maximum absolute atomic E-state index is 14.8. The molecule has 93 heavy (non-hydrogen) atoms. The van der Waals surface area contributed by atoms with Crippen molar-refractivity contribution in [2.45, 2.75) is 64.2 Å². The number of amides is 6.